The number of sulfone groups is 1. The molecule has 0 aromatic rings. The molecule has 0 saturated heterocycles. The Labute approximate surface area is 81.2 Å². The zero-order valence-electron chi connectivity index (χ0n) is 6.91. The van der Waals surface area contributed by atoms with Crippen LogP contribution in [-0.2, 0) is 9.84 Å². The van der Waals surface area contributed by atoms with Gasteiger partial charge in [0.1, 0.15) is 0 Å². The van der Waals surface area contributed by atoms with Crippen LogP contribution in [0.5, 0.6) is 0 Å². The van der Waals surface area contributed by atoms with Gasteiger partial charge in [-0.1, -0.05) is 0 Å². The predicted octanol–water partition coefficient (Wildman–Crippen LogP) is 1.88. The monoisotopic (exact) mass is 254 g/mol. The number of halogens is 6. The highest BCUT2D eigenvalue weighted by molar-refractivity contribution is 7.96. The molecule has 88 valence electrons. The molecule has 0 N–H and O–H groups in total. The first kappa shape index (κ1) is 14.1. The minimum Gasteiger partial charge on any atom is -0.215 e. The van der Waals surface area contributed by atoms with E-state index in [1.807, 2.05) is 0 Å². The van der Waals surface area contributed by atoms with Crippen molar-refractivity contribution >= 4 is 9.84 Å². The largest absolute Gasteiger partial charge is 0.458 e. The molecule has 0 aromatic carbocycles. The van der Waals surface area contributed by atoms with Crippen molar-refractivity contribution in [1.29, 1.82) is 0 Å². The van der Waals surface area contributed by atoms with E-state index in [9.17, 15) is 34.8 Å². The predicted molar refractivity (Wildman–Crippen MR) is 38.3 cm³/mol. The van der Waals surface area contributed by atoms with E-state index in [4.69, 9.17) is 0 Å². The SMILES string of the molecule is O=S(=O)(C#CC(F)(F)F)CCC(F)(F)F. The molecule has 0 radical (unpaired) electrons. The summed E-state index contributed by atoms with van der Waals surface area (Å²) in [5.74, 6) is -1.08. The lowest BCUT2D eigenvalue weighted by Crippen LogP contribution is -2.15. The second-order valence-corrected chi connectivity index (χ2v) is 4.25. The molecule has 0 spiro atoms. The molecule has 0 heterocycles. The summed E-state index contributed by atoms with van der Waals surface area (Å²) in [5.41, 5.74) is 0. The van der Waals surface area contributed by atoms with E-state index in [1.165, 1.54) is 0 Å². The lowest BCUT2D eigenvalue weighted by atomic mass is 10.5. The molecular formula is C6H4F6O2S. The second-order valence-electron chi connectivity index (χ2n) is 2.41. The quantitative estimate of drug-likeness (QED) is 0.428. The van der Waals surface area contributed by atoms with Crippen molar-refractivity contribution in [1.82, 2.24) is 0 Å². The molecule has 0 atom stereocenters. The summed E-state index contributed by atoms with van der Waals surface area (Å²) in [6.07, 6.45) is -11.5. The van der Waals surface area contributed by atoms with Crippen molar-refractivity contribution < 1.29 is 34.8 Å². The first-order valence-corrected chi connectivity index (χ1v) is 4.97. The van der Waals surface area contributed by atoms with Gasteiger partial charge in [-0.2, -0.15) is 26.3 Å². The van der Waals surface area contributed by atoms with Crippen LogP contribution in [-0.4, -0.2) is 26.5 Å². The zero-order valence-corrected chi connectivity index (χ0v) is 7.72. The number of rotatable bonds is 2. The third-order valence-corrected chi connectivity index (χ3v) is 2.16. The standard InChI is InChI=1S/C6H4F6O2S/c7-5(8,9)1-3-15(13,14)4-2-6(10,11)12/h1,3H2. The van der Waals surface area contributed by atoms with Crippen LogP contribution in [0.4, 0.5) is 26.3 Å². The van der Waals surface area contributed by atoms with Crippen molar-refractivity contribution in [2.75, 3.05) is 5.75 Å². The lowest BCUT2D eigenvalue weighted by Gasteiger charge is -2.03. The lowest BCUT2D eigenvalue weighted by molar-refractivity contribution is -0.129. The van der Waals surface area contributed by atoms with Crippen molar-refractivity contribution in [3.8, 4) is 11.2 Å². The third-order valence-electron chi connectivity index (χ3n) is 1.00. The van der Waals surface area contributed by atoms with Crippen molar-refractivity contribution in [2.45, 2.75) is 18.8 Å². The van der Waals surface area contributed by atoms with Gasteiger partial charge in [-0.3, -0.25) is 0 Å². The van der Waals surface area contributed by atoms with E-state index >= 15 is 0 Å². The van der Waals surface area contributed by atoms with Gasteiger partial charge in [0.05, 0.1) is 12.2 Å². The van der Waals surface area contributed by atoms with Gasteiger partial charge in [-0.15, -0.1) is 0 Å². The van der Waals surface area contributed by atoms with Gasteiger partial charge >= 0.3 is 12.4 Å². The fourth-order valence-electron chi connectivity index (χ4n) is 0.437. The number of hydrogen-bond donors (Lipinski definition) is 0. The molecule has 0 aliphatic rings. The summed E-state index contributed by atoms with van der Waals surface area (Å²) >= 11 is 0. The van der Waals surface area contributed by atoms with Crippen LogP contribution in [0.2, 0.25) is 0 Å². The van der Waals surface area contributed by atoms with E-state index in [2.05, 4.69) is 0 Å². The Kier molecular flexibility index (Phi) is 4.04. The molecule has 0 saturated carbocycles. The van der Waals surface area contributed by atoms with E-state index in [0.29, 0.717) is 5.92 Å². The highest BCUT2D eigenvalue weighted by Gasteiger charge is 2.30. The Balaban J connectivity index is 4.52. The first-order valence-electron chi connectivity index (χ1n) is 3.31. The molecule has 0 aliphatic heterocycles. The molecule has 15 heavy (non-hydrogen) atoms. The van der Waals surface area contributed by atoms with Crippen molar-refractivity contribution in [3.05, 3.63) is 0 Å². The maximum absolute atomic E-state index is 11.5. The average Bonchev–Trinajstić information content (AvgIpc) is 1.96. The van der Waals surface area contributed by atoms with Crippen molar-refractivity contribution in [3.63, 3.8) is 0 Å². The van der Waals surface area contributed by atoms with Gasteiger partial charge in [0.15, 0.2) is 0 Å². The Bertz CT molecular complexity index is 365. The summed E-state index contributed by atoms with van der Waals surface area (Å²) in [4.78, 5) is 0. The molecule has 2 nitrogen and oxygen atoms in total. The molecule has 0 amide bonds. The Morgan fingerprint density at radius 1 is 1.00 bits per heavy atom. The summed E-state index contributed by atoms with van der Waals surface area (Å²) in [5, 5.41) is 0.769. The zero-order chi connectivity index (χ0) is 12.3. The van der Waals surface area contributed by atoms with Crippen LogP contribution >= 0.6 is 0 Å². The Hall–Kier alpha value is -0.910. The van der Waals surface area contributed by atoms with E-state index in [1.54, 1.807) is 0 Å². The Morgan fingerprint density at radius 3 is 1.80 bits per heavy atom. The second kappa shape index (κ2) is 4.30. The molecule has 0 unspecified atom stereocenters. The number of hydrogen-bond acceptors (Lipinski definition) is 2. The topological polar surface area (TPSA) is 34.1 Å². The van der Waals surface area contributed by atoms with Gasteiger partial charge < -0.3 is 0 Å². The van der Waals surface area contributed by atoms with Crippen molar-refractivity contribution in [2.24, 2.45) is 0 Å². The molecule has 0 bridgehead atoms. The van der Waals surface area contributed by atoms with Gasteiger partial charge in [0.2, 0.25) is 9.84 Å². The van der Waals surface area contributed by atoms with Gasteiger partial charge in [0, 0.05) is 11.2 Å². The van der Waals surface area contributed by atoms with Gasteiger partial charge in [0.25, 0.3) is 0 Å². The van der Waals surface area contributed by atoms with Crippen LogP contribution in [0.15, 0.2) is 0 Å². The molecule has 0 aromatic heterocycles. The van der Waals surface area contributed by atoms with Gasteiger partial charge in [-0.05, 0) is 0 Å². The Morgan fingerprint density at radius 2 is 1.47 bits per heavy atom. The molecule has 0 fully saturated rings. The maximum atomic E-state index is 11.5. The smallest absolute Gasteiger partial charge is 0.215 e. The normalized spacial score (nSPS) is 13.2. The summed E-state index contributed by atoms with van der Waals surface area (Å²) in [6, 6.07) is 0. The number of alkyl halides is 6. The van der Waals surface area contributed by atoms with E-state index in [-0.39, 0.29) is 0 Å². The molecule has 9 heteroatoms. The van der Waals surface area contributed by atoms with Crippen LogP contribution in [0.3, 0.4) is 0 Å². The van der Waals surface area contributed by atoms with Crippen LogP contribution in [0, 0.1) is 11.2 Å². The van der Waals surface area contributed by atoms with Crippen LogP contribution in [0.1, 0.15) is 6.42 Å². The summed E-state index contributed by atoms with van der Waals surface area (Å²) in [7, 11) is -4.65. The summed E-state index contributed by atoms with van der Waals surface area (Å²) < 4.78 is 89.9. The summed E-state index contributed by atoms with van der Waals surface area (Å²) in [6.45, 7) is 0. The van der Waals surface area contributed by atoms with E-state index in [0.717, 1.165) is 5.25 Å². The third kappa shape index (κ3) is 9.40. The fourth-order valence-corrected chi connectivity index (χ4v) is 1.31. The fraction of sp³-hybridized carbons (Fsp3) is 0.667. The van der Waals surface area contributed by atoms with Crippen LogP contribution in [0.25, 0.3) is 0 Å². The molecule has 0 aliphatic carbocycles. The van der Waals surface area contributed by atoms with Crippen LogP contribution < -0.4 is 0 Å². The minimum atomic E-state index is -5.04. The highest BCUT2D eigenvalue weighted by Crippen LogP contribution is 2.20. The molecular weight excluding hydrogens is 250 g/mol. The highest BCUT2D eigenvalue weighted by atomic mass is 32.2. The first-order chi connectivity index (χ1) is 6.41. The average molecular weight is 254 g/mol. The molecule has 0 rings (SSSR count). The van der Waals surface area contributed by atoms with E-state index < -0.39 is 34.4 Å². The maximum Gasteiger partial charge on any atom is 0.458 e. The van der Waals surface area contributed by atoms with Gasteiger partial charge in [-0.25, -0.2) is 8.42 Å². The minimum absolute atomic E-state index is 0.393.